The van der Waals surface area contributed by atoms with Crippen LogP contribution in [0.4, 0.5) is 4.39 Å². The molecule has 0 spiro atoms. The van der Waals surface area contributed by atoms with Gasteiger partial charge in [0.2, 0.25) is 0 Å². The SMILES string of the molecule is CC(C)(C#N)N1CCN(Cc2cc(F)cc(C#N)c2)CC1. The van der Waals surface area contributed by atoms with Crippen molar-refractivity contribution < 1.29 is 4.39 Å². The fourth-order valence-electron chi connectivity index (χ4n) is 2.60. The molecule has 1 aliphatic rings. The summed E-state index contributed by atoms with van der Waals surface area (Å²) in [6, 6.07) is 8.75. The molecule has 5 heteroatoms. The first kappa shape index (κ1) is 15.4. The topological polar surface area (TPSA) is 54.1 Å². The predicted molar refractivity (Wildman–Crippen MR) is 77.7 cm³/mol. The van der Waals surface area contributed by atoms with Gasteiger partial charge in [0.15, 0.2) is 0 Å². The van der Waals surface area contributed by atoms with E-state index in [-0.39, 0.29) is 5.82 Å². The number of hydrogen-bond donors (Lipinski definition) is 0. The fraction of sp³-hybridized carbons (Fsp3) is 0.500. The Labute approximate surface area is 125 Å². The number of piperazine rings is 1. The minimum absolute atomic E-state index is 0.356. The number of benzene rings is 1. The maximum absolute atomic E-state index is 13.4. The number of hydrogen-bond acceptors (Lipinski definition) is 4. The van der Waals surface area contributed by atoms with Crippen LogP contribution < -0.4 is 0 Å². The highest BCUT2D eigenvalue weighted by molar-refractivity contribution is 5.33. The molecule has 0 radical (unpaired) electrons. The molecule has 2 rings (SSSR count). The largest absolute Gasteiger partial charge is 0.297 e. The molecule has 1 heterocycles. The van der Waals surface area contributed by atoms with E-state index in [1.165, 1.54) is 12.1 Å². The van der Waals surface area contributed by atoms with E-state index in [2.05, 4.69) is 15.9 Å². The predicted octanol–water partition coefficient (Wildman–Crippen LogP) is 2.12. The molecule has 1 aromatic rings. The second kappa shape index (κ2) is 6.22. The summed E-state index contributed by atoms with van der Waals surface area (Å²) in [7, 11) is 0. The maximum atomic E-state index is 13.4. The van der Waals surface area contributed by atoms with Crippen LogP contribution >= 0.6 is 0 Å². The van der Waals surface area contributed by atoms with E-state index in [0.29, 0.717) is 12.1 Å². The van der Waals surface area contributed by atoms with Crippen LogP contribution in [0.5, 0.6) is 0 Å². The first-order valence-electron chi connectivity index (χ1n) is 7.03. The molecule has 0 aromatic heterocycles. The van der Waals surface area contributed by atoms with Gasteiger partial charge >= 0.3 is 0 Å². The number of rotatable bonds is 3. The lowest BCUT2D eigenvalue weighted by molar-refractivity contribution is 0.0763. The summed E-state index contributed by atoms with van der Waals surface area (Å²) >= 11 is 0. The summed E-state index contributed by atoms with van der Waals surface area (Å²) in [6.07, 6.45) is 0. The molecule has 0 unspecified atom stereocenters. The summed E-state index contributed by atoms with van der Waals surface area (Å²) in [4.78, 5) is 4.38. The Hall–Kier alpha value is -1.95. The molecule has 0 atom stereocenters. The highest BCUT2D eigenvalue weighted by Gasteiger charge is 2.29. The third-order valence-corrected chi connectivity index (χ3v) is 3.93. The third kappa shape index (κ3) is 3.78. The second-order valence-corrected chi connectivity index (χ2v) is 5.89. The van der Waals surface area contributed by atoms with Crippen LogP contribution in [0.2, 0.25) is 0 Å². The van der Waals surface area contributed by atoms with E-state index in [9.17, 15) is 4.39 Å². The lowest BCUT2D eigenvalue weighted by Gasteiger charge is -2.40. The first-order valence-corrected chi connectivity index (χ1v) is 7.03. The average molecular weight is 286 g/mol. The number of nitriles is 2. The highest BCUT2D eigenvalue weighted by atomic mass is 19.1. The van der Waals surface area contributed by atoms with Gasteiger partial charge in [0.25, 0.3) is 0 Å². The van der Waals surface area contributed by atoms with Crippen LogP contribution in [-0.2, 0) is 6.54 Å². The van der Waals surface area contributed by atoms with E-state index in [0.717, 1.165) is 31.7 Å². The lowest BCUT2D eigenvalue weighted by Crippen LogP contribution is -2.53. The quantitative estimate of drug-likeness (QED) is 0.854. The molecule has 1 aliphatic heterocycles. The van der Waals surface area contributed by atoms with Crippen molar-refractivity contribution >= 4 is 0 Å². The Morgan fingerprint density at radius 2 is 1.81 bits per heavy atom. The van der Waals surface area contributed by atoms with Gasteiger partial charge in [-0.2, -0.15) is 10.5 Å². The molecule has 0 N–H and O–H groups in total. The van der Waals surface area contributed by atoms with E-state index < -0.39 is 5.54 Å². The Balaban J connectivity index is 1.97. The van der Waals surface area contributed by atoms with Crippen molar-refractivity contribution in [3.8, 4) is 12.1 Å². The third-order valence-electron chi connectivity index (χ3n) is 3.93. The summed E-state index contributed by atoms with van der Waals surface area (Å²) < 4.78 is 13.4. The minimum Gasteiger partial charge on any atom is -0.297 e. The Kier molecular flexibility index (Phi) is 4.57. The van der Waals surface area contributed by atoms with Gasteiger partial charge in [-0.1, -0.05) is 0 Å². The summed E-state index contributed by atoms with van der Waals surface area (Å²) in [6.45, 7) is 7.80. The minimum atomic E-state index is -0.446. The molecule has 1 saturated heterocycles. The molecule has 4 nitrogen and oxygen atoms in total. The Morgan fingerprint density at radius 1 is 1.14 bits per heavy atom. The van der Waals surface area contributed by atoms with Gasteiger partial charge in [-0.15, -0.1) is 0 Å². The van der Waals surface area contributed by atoms with Gasteiger partial charge < -0.3 is 0 Å². The molecule has 0 bridgehead atoms. The second-order valence-electron chi connectivity index (χ2n) is 5.89. The molecule has 21 heavy (non-hydrogen) atoms. The van der Waals surface area contributed by atoms with Gasteiger partial charge in [0, 0.05) is 32.7 Å². The first-order chi connectivity index (χ1) is 9.94. The van der Waals surface area contributed by atoms with Gasteiger partial charge in [0.05, 0.1) is 17.7 Å². The Morgan fingerprint density at radius 3 is 2.38 bits per heavy atom. The normalized spacial score (nSPS) is 17.2. The summed E-state index contributed by atoms with van der Waals surface area (Å²) in [5, 5.41) is 18.0. The van der Waals surface area contributed by atoms with E-state index >= 15 is 0 Å². The molecule has 1 fully saturated rings. The van der Waals surface area contributed by atoms with Crippen molar-refractivity contribution in [2.75, 3.05) is 26.2 Å². The van der Waals surface area contributed by atoms with Crippen molar-refractivity contribution in [3.05, 3.63) is 35.1 Å². The lowest BCUT2D eigenvalue weighted by atomic mass is 10.0. The molecular weight excluding hydrogens is 267 g/mol. The fourth-order valence-corrected chi connectivity index (χ4v) is 2.60. The van der Waals surface area contributed by atoms with E-state index in [4.69, 9.17) is 10.5 Å². The molecule has 0 aliphatic carbocycles. The number of halogens is 1. The van der Waals surface area contributed by atoms with E-state index in [1.807, 2.05) is 19.9 Å². The van der Waals surface area contributed by atoms with Crippen molar-refractivity contribution in [2.24, 2.45) is 0 Å². The molecule has 0 saturated carbocycles. The maximum Gasteiger partial charge on any atom is 0.124 e. The Bertz CT molecular complexity index is 589. The van der Waals surface area contributed by atoms with Crippen LogP contribution in [0.1, 0.15) is 25.0 Å². The zero-order valence-electron chi connectivity index (χ0n) is 12.4. The van der Waals surface area contributed by atoms with Crippen LogP contribution in [0.25, 0.3) is 0 Å². The monoisotopic (exact) mass is 286 g/mol. The van der Waals surface area contributed by atoms with Gasteiger partial charge in [-0.3, -0.25) is 9.80 Å². The standard InChI is InChI=1S/C16H19FN4/c1-16(2,12-19)21-5-3-20(4-6-21)11-14-7-13(10-18)8-15(17)9-14/h7-9H,3-6,11H2,1-2H3. The van der Waals surface area contributed by atoms with Crippen molar-refractivity contribution in [1.82, 2.24) is 9.80 Å². The van der Waals surface area contributed by atoms with Crippen LogP contribution in [-0.4, -0.2) is 41.5 Å². The summed E-state index contributed by atoms with van der Waals surface area (Å²) in [5.74, 6) is -0.367. The molecule has 110 valence electrons. The molecule has 0 amide bonds. The van der Waals surface area contributed by atoms with Crippen LogP contribution in [0.3, 0.4) is 0 Å². The van der Waals surface area contributed by atoms with Crippen molar-refractivity contribution in [1.29, 1.82) is 10.5 Å². The van der Waals surface area contributed by atoms with Crippen molar-refractivity contribution in [2.45, 2.75) is 25.9 Å². The number of nitrogens with zero attached hydrogens (tertiary/aromatic N) is 4. The zero-order valence-corrected chi connectivity index (χ0v) is 12.4. The zero-order chi connectivity index (χ0) is 15.5. The van der Waals surface area contributed by atoms with Crippen molar-refractivity contribution in [3.63, 3.8) is 0 Å². The van der Waals surface area contributed by atoms with Gasteiger partial charge in [-0.05, 0) is 37.6 Å². The van der Waals surface area contributed by atoms with Crippen LogP contribution in [0.15, 0.2) is 18.2 Å². The summed E-state index contributed by atoms with van der Waals surface area (Å²) in [5.41, 5.74) is 0.729. The smallest absolute Gasteiger partial charge is 0.124 e. The van der Waals surface area contributed by atoms with Gasteiger partial charge in [0.1, 0.15) is 11.4 Å². The van der Waals surface area contributed by atoms with Gasteiger partial charge in [-0.25, -0.2) is 4.39 Å². The molecule has 1 aromatic carbocycles. The van der Waals surface area contributed by atoms with E-state index in [1.54, 1.807) is 6.07 Å². The average Bonchev–Trinajstić information content (AvgIpc) is 2.47. The highest BCUT2D eigenvalue weighted by Crippen LogP contribution is 2.18. The van der Waals surface area contributed by atoms with Crippen LogP contribution in [0, 0.1) is 28.5 Å². The molecular formula is C16H19FN4.